The summed E-state index contributed by atoms with van der Waals surface area (Å²) >= 11 is 11.3. The number of benzene rings is 2. The molecule has 8 heteroatoms. The van der Waals surface area contributed by atoms with E-state index in [0.717, 1.165) is 16.9 Å². The van der Waals surface area contributed by atoms with E-state index in [4.69, 9.17) is 23.8 Å². The van der Waals surface area contributed by atoms with Crippen LogP contribution >= 0.6 is 23.8 Å². The van der Waals surface area contributed by atoms with E-state index in [2.05, 4.69) is 25.9 Å². The summed E-state index contributed by atoms with van der Waals surface area (Å²) in [4.78, 5) is 8.76. The van der Waals surface area contributed by atoms with Crippen LogP contribution in [0, 0.1) is 12.7 Å². The van der Waals surface area contributed by atoms with Gasteiger partial charge in [0.1, 0.15) is 11.6 Å². The van der Waals surface area contributed by atoms with Gasteiger partial charge >= 0.3 is 0 Å². The van der Waals surface area contributed by atoms with Crippen molar-refractivity contribution in [2.75, 3.05) is 10.6 Å². The smallest absolute Gasteiger partial charge is 0.231 e. The van der Waals surface area contributed by atoms with Crippen LogP contribution in [-0.2, 0) is 0 Å². The predicted molar refractivity (Wildman–Crippen MR) is 116 cm³/mol. The predicted octanol–water partition coefficient (Wildman–Crippen LogP) is 5.37. The van der Waals surface area contributed by atoms with Crippen molar-refractivity contribution in [3.05, 3.63) is 76.7 Å². The highest BCUT2D eigenvalue weighted by molar-refractivity contribution is 7.80. The standard InChI is InChI=1S/C20H19ClFN5S/c1-12-11-18(25-17-9-7-16(22)8-10-17)26-19(23-12)27-20(28)24-13(2)14-3-5-15(21)6-4-14/h3-11,13H,1-2H3,(H3,23,24,25,26,27,28)/t13-/m0/s1. The van der Waals surface area contributed by atoms with Gasteiger partial charge in [-0.3, -0.25) is 0 Å². The molecule has 3 rings (SSSR count). The Morgan fingerprint density at radius 2 is 1.75 bits per heavy atom. The summed E-state index contributed by atoms with van der Waals surface area (Å²) in [5.41, 5.74) is 2.54. The van der Waals surface area contributed by atoms with Crippen LogP contribution in [0.3, 0.4) is 0 Å². The number of anilines is 3. The lowest BCUT2D eigenvalue weighted by atomic mass is 10.1. The molecule has 0 aliphatic rings. The number of nitrogens with one attached hydrogen (secondary N) is 3. The molecule has 5 nitrogen and oxygen atoms in total. The van der Waals surface area contributed by atoms with Crippen molar-refractivity contribution < 1.29 is 4.39 Å². The van der Waals surface area contributed by atoms with Crippen molar-refractivity contribution in [3.8, 4) is 0 Å². The van der Waals surface area contributed by atoms with Gasteiger partial charge in [0.25, 0.3) is 0 Å². The fourth-order valence-electron chi connectivity index (χ4n) is 2.54. The Hall–Kier alpha value is -2.77. The number of rotatable bonds is 5. The molecule has 0 aliphatic heterocycles. The van der Waals surface area contributed by atoms with Gasteiger partial charge in [0.15, 0.2) is 5.11 Å². The van der Waals surface area contributed by atoms with Crippen LogP contribution in [0.5, 0.6) is 0 Å². The maximum absolute atomic E-state index is 13.1. The minimum atomic E-state index is -0.294. The molecule has 28 heavy (non-hydrogen) atoms. The van der Waals surface area contributed by atoms with E-state index in [1.165, 1.54) is 12.1 Å². The van der Waals surface area contributed by atoms with Crippen LogP contribution in [0.15, 0.2) is 54.6 Å². The molecule has 0 aliphatic carbocycles. The van der Waals surface area contributed by atoms with Crippen LogP contribution in [-0.4, -0.2) is 15.1 Å². The van der Waals surface area contributed by atoms with Crippen molar-refractivity contribution in [2.24, 2.45) is 0 Å². The van der Waals surface area contributed by atoms with E-state index in [1.54, 1.807) is 18.2 Å². The molecule has 0 saturated carbocycles. The van der Waals surface area contributed by atoms with E-state index in [1.807, 2.05) is 38.1 Å². The highest BCUT2D eigenvalue weighted by Crippen LogP contribution is 2.18. The summed E-state index contributed by atoms with van der Waals surface area (Å²) in [7, 11) is 0. The van der Waals surface area contributed by atoms with E-state index >= 15 is 0 Å². The zero-order chi connectivity index (χ0) is 20.1. The first-order valence-electron chi connectivity index (χ1n) is 8.60. The molecule has 0 saturated heterocycles. The van der Waals surface area contributed by atoms with E-state index < -0.39 is 0 Å². The van der Waals surface area contributed by atoms with E-state index in [9.17, 15) is 4.39 Å². The Balaban J connectivity index is 1.66. The monoisotopic (exact) mass is 415 g/mol. The Kier molecular flexibility index (Phi) is 6.38. The first-order valence-corrected chi connectivity index (χ1v) is 9.39. The number of thiocarbonyl (C=S) groups is 1. The van der Waals surface area contributed by atoms with Gasteiger partial charge < -0.3 is 16.0 Å². The molecule has 0 amide bonds. The number of aromatic nitrogens is 2. The summed E-state index contributed by atoms with van der Waals surface area (Å²) in [6.45, 7) is 3.85. The molecule has 3 aromatic rings. The summed E-state index contributed by atoms with van der Waals surface area (Å²) < 4.78 is 13.1. The van der Waals surface area contributed by atoms with Gasteiger partial charge in [-0.15, -0.1) is 0 Å². The van der Waals surface area contributed by atoms with Gasteiger partial charge in [-0.1, -0.05) is 23.7 Å². The molecule has 0 bridgehead atoms. The highest BCUT2D eigenvalue weighted by Gasteiger charge is 2.09. The van der Waals surface area contributed by atoms with E-state index in [-0.39, 0.29) is 11.9 Å². The van der Waals surface area contributed by atoms with Crippen molar-refractivity contribution in [1.29, 1.82) is 0 Å². The Labute approximate surface area is 173 Å². The molecule has 1 heterocycles. The third-order valence-electron chi connectivity index (χ3n) is 3.91. The SMILES string of the molecule is Cc1cc(Nc2ccc(F)cc2)nc(NC(=S)N[C@@H](C)c2ccc(Cl)cc2)n1. The van der Waals surface area contributed by atoms with Gasteiger partial charge in [-0.2, -0.15) is 4.98 Å². The van der Waals surface area contributed by atoms with Crippen LogP contribution in [0.25, 0.3) is 0 Å². The van der Waals surface area contributed by atoms with Crippen molar-refractivity contribution in [2.45, 2.75) is 19.9 Å². The van der Waals surface area contributed by atoms with Crippen molar-refractivity contribution in [3.63, 3.8) is 0 Å². The van der Waals surface area contributed by atoms with Gasteiger partial charge in [0, 0.05) is 22.5 Å². The number of hydrogen-bond donors (Lipinski definition) is 3. The molecule has 0 spiro atoms. The van der Waals surface area contributed by atoms with Crippen LogP contribution in [0.2, 0.25) is 5.02 Å². The molecule has 0 fully saturated rings. The summed E-state index contributed by atoms with van der Waals surface area (Å²) in [5, 5.41) is 10.4. The largest absolute Gasteiger partial charge is 0.356 e. The maximum Gasteiger partial charge on any atom is 0.231 e. The zero-order valence-electron chi connectivity index (χ0n) is 15.3. The second-order valence-electron chi connectivity index (χ2n) is 6.22. The Bertz CT molecular complexity index is 963. The molecule has 3 N–H and O–H groups in total. The lowest BCUT2D eigenvalue weighted by molar-refractivity contribution is 0.628. The fourth-order valence-corrected chi connectivity index (χ4v) is 2.93. The summed E-state index contributed by atoms with van der Waals surface area (Å²) in [6, 6.07) is 15.4. The first-order chi connectivity index (χ1) is 13.4. The normalized spacial score (nSPS) is 11.6. The van der Waals surface area contributed by atoms with Crippen molar-refractivity contribution >= 4 is 46.4 Å². The maximum atomic E-state index is 13.1. The van der Waals surface area contributed by atoms with Gasteiger partial charge in [-0.25, -0.2) is 9.37 Å². The van der Waals surface area contributed by atoms with Gasteiger partial charge in [0.2, 0.25) is 5.95 Å². The topological polar surface area (TPSA) is 61.9 Å². The molecular weight excluding hydrogens is 397 g/mol. The first kappa shape index (κ1) is 20.0. The highest BCUT2D eigenvalue weighted by atomic mass is 35.5. The van der Waals surface area contributed by atoms with Gasteiger partial charge in [-0.05, 0) is 68.0 Å². The van der Waals surface area contributed by atoms with Gasteiger partial charge in [0.05, 0.1) is 6.04 Å². The Morgan fingerprint density at radius 1 is 1.07 bits per heavy atom. The molecular formula is C20H19ClFN5S. The third-order valence-corrected chi connectivity index (χ3v) is 4.39. The summed E-state index contributed by atoms with van der Waals surface area (Å²) in [6.07, 6.45) is 0. The number of hydrogen-bond acceptors (Lipinski definition) is 4. The third kappa shape index (κ3) is 5.61. The molecule has 1 atom stereocenters. The average molecular weight is 416 g/mol. The number of halogens is 2. The minimum absolute atomic E-state index is 0.0149. The molecule has 0 unspecified atom stereocenters. The quantitative estimate of drug-likeness (QED) is 0.487. The molecule has 1 aromatic heterocycles. The second kappa shape index (κ2) is 8.95. The lowest BCUT2D eigenvalue weighted by Crippen LogP contribution is -2.31. The zero-order valence-corrected chi connectivity index (χ0v) is 16.9. The van der Waals surface area contributed by atoms with Crippen molar-refractivity contribution in [1.82, 2.24) is 15.3 Å². The number of aryl methyl sites for hydroxylation is 1. The fraction of sp³-hybridized carbons (Fsp3) is 0.150. The number of nitrogens with zero attached hydrogens (tertiary/aromatic N) is 2. The van der Waals surface area contributed by atoms with Crippen LogP contribution < -0.4 is 16.0 Å². The van der Waals surface area contributed by atoms with E-state index in [0.29, 0.717) is 21.9 Å². The second-order valence-corrected chi connectivity index (χ2v) is 7.07. The molecule has 144 valence electrons. The lowest BCUT2D eigenvalue weighted by Gasteiger charge is -2.17. The molecule has 2 aromatic carbocycles. The summed E-state index contributed by atoms with van der Waals surface area (Å²) in [5.74, 6) is 0.651. The van der Waals surface area contributed by atoms with Crippen LogP contribution in [0.4, 0.5) is 21.8 Å². The van der Waals surface area contributed by atoms with Crippen LogP contribution in [0.1, 0.15) is 24.2 Å². The molecule has 0 radical (unpaired) electrons. The minimum Gasteiger partial charge on any atom is -0.356 e. The average Bonchev–Trinajstić information content (AvgIpc) is 2.63. The Morgan fingerprint density at radius 3 is 2.43 bits per heavy atom.